The molecule has 4 nitrogen and oxygen atoms in total. The molecular formula is C13H24O4. The van der Waals surface area contributed by atoms with Crippen LogP contribution in [-0.2, 0) is 18.9 Å². The topological polar surface area (TPSA) is 36.9 Å². The number of hydrogen-bond acceptors (Lipinski definition) is 4. The Bertz CT molecular complexity index is 250. The quantitative estimate of drug-likeness (QED) is 0.670. The molecule has 0 radical (unpaired) electrons. The molecule has 0 spiro atoms. The second-order valence-corrected chi connectivity index (χ2v) is 5.33. The van der Waals surface area contributed by atoms with Crippen molar-refractivity contribution >= 4 is 0 Å². The zero-order valence-electron chi connectivity index (χ0n) is 11.3. The fraction of sp³-hybridized carbons (Fsp3) is 1.00. The van der Waals surface area contributed by atoms with Crippen molar-refractivity contribution in [2.75, 3.05) is 28.4 Å². The van der Waals surface area contributed by atoms with Gasteiger partial charge in [0.05, 0.1) is 0 Å². The Morgan fingerprint density at radius 1 is 1.00 bits per heavy atom. The number of fused-ring (bicyclic) bond motifs is 2. The Labute approximate surface area is 104 Å². The van der Waals surface area contributed by atoms with Gasteiger partial charge in [0.2, 0.25) is 0 Å². The molecule has 0 N–H and O–H groups in total. The monoisotopic (exact) mass is 244 g/mol. The summed E-state index contributed by atoms with van der Waals surface area (Å²) < 4.78 is 22.0. The summed E-state index contributed by atoms with van der Waals surface area (Å²) in [7, 11) is 6.87. The highest BCUT2D eigenvalue weighted by Gasteiger charge is 2.59. The van der Waals surface area contributed by atoms with Crippen molar-refractivity contribution < 1.29 is 18.9 Å². The van der Waals surface area contributed by atoms with E-state index in [4.69, 9.17) is 18.9 Å². The van der Waals surface area contributed by atoms with E-state index in [9.17, 15) is 0 Å². The highest BCUT2D eigenvalue weighted by atomic mass is 16.7. The maximum Gasteiger partial charge on any atom is 0.162 e. The molecule has 3 atom stereocenters. The second-order valence-electron chi connectivity index (χ2n) is 5.33. The molecule has 2 bridgehead atoms. The minimum Gasteiger partial charge on any atom is -0.356 e. The second kappa shape index (κ2) is 5.22. The highest BCUT2D eigenvalue weighted by molar-refractivity contribution is 5.04. The van der Waals surface area contributed by atoms with E-state index in [0.29, 0.717) is 5.92 Å². The van der Waals surface area contributed by atoms with Gasteiger partial charge in [-0.25, -0.2) is 0 Å². The van der Waals surface area contributed by atoms with Gasteiger partial charge in [-0.15, -0.1) is 0 Å². The van der Waals surface area contributed by atoms with Gasteiger partial charge in [-0.1, -0.05) is 0 Å². The first-order chi connectivity index (χ1) is 8.21. The molecule has 0 heterocycles. The van der Waals surface area contributed by atoms with Crippen LogP contribution >= 0.6 is 0 Å². The van der Waals surface area contributed by atoms with Gasteiger partial charge in [-0.3, -0.25) is 0 Å². The molecule has 0 aliphatic heterocycles. The summed E-state index contributed by atoms with van der Waals surface area (Å²) >= 11 is 0. The molecule has 1 unspecified atom stereocenters. The van der Waals surface area contributed by atoms with Gasteiger partial charge in [0.1, 0.15) is 0 Å². The molecule has 0 aromatic rings. The van der Waals surface area contributed by atoms with Crippen molar-refractivity contribution in [1.29, 1.82) is 0 Å². The van der Waals surface area contributed by atoms with Gasteiger partial charge in [0.25, 0.3) is 0 Å². The first kappa shape index (κ1) is 13.3. The van der Waals surface area contributed by atoms with Gasteiger partial charge in [-0.05, 0) is 31.6 Å². The number of hydrogen-bond donors (Lipinski definition) is 0. The Balaban J connectivity index is 2.21. The first-order valence-corrected chi connectivity index (χ1v) is 6.33. The van der Waals surface area contributed by atoms with E-state index < -0.39 is 0 Å². The van der Waals surface area contributed by atoms with Crippen LogP contribution in [0.4, 0.5) is 0 Å². The summed E-state index contributed by atoms with van der Waals surface area (Å²) in [6.07, 6.45) is 4.47. The fourth-order valence-corrected chi connectivity index (χ4v) is 4.11. The van der Waals surface area contributed by atoms with Crippen molar-refractivity contribution in [2.24, 2.45) is 17.3 Å². The molecule has 2 saturated carbocycles. The average Bonchev–Trinajstić information content (AvgIpc) is 2.91. The van der Waals surface area contributed by atoms with Gasteiger partial charge in [0, 0.05) is 39.8 Å². The van der Waals surface area contributed by atoms with Crippen molar-refractivity contribution in [3.8, 4) is 0 Å². The minimum atomic E-state index is -0.146. The first-order valence-electron chi connectivity index (χ1n) is 6.33. The third kappa shape index (κ3) is 2.01. The van der Waals surface area contributed by atoms with Crippen LogP contribution in [0.15, 0.2) is 0 Å². The molecule has 2 fully saturated rings. The van der Waals surface area contributed by atoms with Crippen molar-refractivity contribution in [3.63, 3.8) is 0 Å². The molecule has 0 saturated heterocycles. The lowest BCUT2D eigenvalue weighted by molar-refractivity contribution is -0.234. The van der Waals surface area contributed by atoms with Gasteiger partial charge in [0.15, 0.2) is 12.6 Å². The van der Waals surface area contributed by atoms with Gasteiger partial charge < -0.3 is 18.9 Å². The lowest BCUT2D eigenvalue weighted by atomic mass is 9.73. The molecule has 17 heavy (non-hydrogen) atoms. The molecule has 2 aliphatic rings. The largest absolute Gasteiger partial charge is 0.356 e. The molecule has 4 heteroatoms. The predicted octanol–water partition coefficient (Wildman–Crippen LogP) is 2.03. The maximum absolute atomic E-state index is 5.54. The van der Waals surface area contributed by atoms with Crippen LogP contribution < -0.4 is 0 Å². The molecule has 0 amide bonds. The lowest BCUT2D eigenvalue weighted by Crippen LogP contribution is -2.46. The lowest BCUT2D eigenvalue weighted by Gasteiger charge is -2.42. The summed E-state index contributed by atoms with van der Waals surface area (Å²) in [5, 5.41) is 0. The summed E-state index contributed by atoms with van der Waals surface area (Å²) in [5.41, 5.74) is 0.0743. The summed E-state index contributed by atoms with van der Waals surface area (Å²) in [6.45, 7) is 0. The van der Waals surface area contributed by atoms with Crippen LogP contribution in [0.5, 0.6) is 0 Å². The highest BCUT2D eigenvalue weighted by Crippen LogP contribution is 2.61. The van der Waals surface area contributed by atoms with Crippen molar-refractivity contribution in [1.82, 2.24) is 0 Å². The van der Waals surface area contributed by atoms with Crippen LogP contribution in [0.2, 0.25) is 0 Å². The van der Waals surface area contributed by atoms with Crippen molar-refractivity contribution in [2.45, 2.75) is 38.3 Å². The minimum absolute atomic E-state index is 0.0743. The van der Waals surface area contributed by atoms with Crippen LogP contribution in [0.25, 0.3) is 0 Å². The van der Waals surface area contributed by atoms with E-state index in [1.165, 1.54) is 12.8 Å². The third-order valence-electron chi connectivity index (χ3n) is 4.70. The molecular weight excluding hydrogens is 220 g/mol. The smallest absolute Gasteiger partial charge is 0.162 e. The van der Waals surface area contributed by atoms with Crippen LogP contribution in [0.3, 0.4) is 0 Å². The molecule has 0 aromatic carbocycles. The predicted molar refractivity (Wildman–Crippen MR) is 63.5 cm³/mol. The standard InChI is InChI=1S/C13H24O4/c1-14-11(15-2)10-7-9-5-6-13(10,8-9)12(16-3)17-4/h9-12H,5-8H2,1-4H3/t9?,10-,13-/m1/s1. The SMILES string of the molecule is COC(OC)[C@H]1CC2CC[C@@]1(C(OC)OC)C2. The van der Waals surface area contributed by atoms with Crippen LogP contribution in [0, 0.1) is 17.3 Å². The summed E-state index contributed by atoms with van der Waals surface area (Å²) in [5.74, 6) is 1.15. The van der Waals surface area contributed by atoms with Gasteiger partial charge >= 0.3 is 0 Å². The van der Waals surface area contributed by atoms with E-state index in [1.807, 2.05) is 0 Å². The zero-order valence-corrected chi connectivity index (χ0v) is 11.3. The Kier molecular flexibility index (Phi) is 4.08. The summed E-state index contributed by atoms with van der Waals surface area (Å²) in [6, 6.07) is 0. The number of methoxy groups -OCH3 is 4. The van der Waals surface area contributed by atoms with E-state index in [1.54, 1.807) is 28.4 Å². The molecule has 2 rings (SSSR count). The van der Waals surface area contributed by atoms with Crippen LogP contribution in [-0.4, -0.2) is 41.0 Å². The van der Waals surface area contributed by atoms with Crippen molar-refractivity contribution in [3.05, 3.63) is 0 Å². The van der Waals surface area contributed by atoms with E-state index >= 15 is 0 Å². The van der Waals surface area contributed by atoms with Crippen LogP contribution in [0.1, 0.15) is 25.7 Å². The summed E-state index contributed by atoms with van der Waals surface area (Å²) in [4.78, 5) is 0. The Morgan fingerprint density at radius 2 is 1.65 bits per heavy atom. The third-order valence-corrected chi connectivity index (χ3v) is 4.70. The van der Waals surface area contributed by atoms with E-state index in [0.717, 1.165) is 18.8 Å². The molecule has 2 aliphatic carbocycles. The molecule has 0 aromatic heterocycles. The number of ether oxygens (including phenoxy) is 4. The maximum atomic E-state index is 5.54. The van der Waals surface area contributed by atoms with E-state index in [2.05, 4.69) is 0 Å². The van der Waals surface area contributed by atoms with Gasteiger partial charge in [-0.2, -0.15) is 0 Å². The number of rotatable bonds is 6. The molecule has 100 valence electrons. The Morgan fingerprint density at radius 3 is 2.12 bits per heavy atom. The average molecular weight is 244 g/mol. The Hall–Kier alpha value is -0.160. The van der Waals surface area contributed by atoms with E-state index in [-0.39, 0.29) is 18.0 Å². The zero-order chi connectivity index (χ0) is 12.5. The fourth-order valence-electron chi connectivity index (χ4n) is 4.11. The normalized spacial score (nSPS) is 36.4.